The molecule has 2 heterocycles. The molecule has 0 fully saturated rings. The fraction of sp³-hybridized carbons (Fsp3) is 0.111. The van der Waals surface area contributed by atoms with Gasteiger partial charge in [-0.25, -0.2) is 4.98 Å². The Morgan fingerprint density at radius 3 is 2.79 bits per heavy atom. The number of rotatable bonds is 6. The molecule has 0 radical (unpaired) electrons. The SMILES string of the molecule is O=C(/C=C/c1ccc(Br)s1)NC(Cc1ncc[nH]1)c1ccccc1. The Hall–Kier alpha value is -2.18. The number of carbonyl (C=O) groups excluding carboxylic acids is 1. The fourth-order valence-corrected chi connectivity index (χ4v) is 3.66. The monoisotopic (exact) mass is 401 g/mol. The van der Waals surface area contributed by atoms with Gasteiger partial charge in [-0.1, -0.05) is 30.3 Å². The van der Waals surface area contributed by atoms with Crippen LogP contribution in [0.15, 0.2) is 64.7 Å². The van der Waals surface area contributed by atoms with E-state index in [0.29, 0.717) is 6.42 Å². The van der Waals surface area contributed by atoms with Gasteiger partial charge in [0.05, 0.1) is 9.83 Å². The molecular weight excluding hydrogens is 386 g/mol. The number of hydrogen-bond acceptors (Lipinski definition) is 3. The molecule has 0 spiro atoms. The highest BCUT2D eigenvalue weighted by atomic mass is 79.9. The summed E-state index contributed by atoms with van der Waals surface area (Å²) in [5.74, 6) is 0.718. The standard InChI is InChI=1S/C18H16BrN3OS/c19-16-8-6-14(24-16)7-9-18(23)22-15(12-17-20-10-11-21-17)13-4-2-1-3-5-13/h1-11,15H,12H2,(H,20,21)(H,22,23)/b9-7+. The van der Waals surface area contributed by atoms with Gasteiger partial charge < -0.3 is 10.3 Å². The predicted molar refractivity (Wildman–Crippen MR) is 101 cm³/mol. The van der Waals surface area contributed by atoms with E-state index in [4.69, 9.17) is 0 Å². The first kappa shape index (κ1) is 16.7. The van der Waals surface area contributed by atoms with Crippen molar-refractivity contribution < 1.29 is 4.79 Å². The predicted octanol–water partition coefficient (Wildman–Crippen LogP) is 4.35. The highest BCUT2D eigenvalue weighted by molar-refractivity contribution is 9.11. The number of aromatic nitrogens is 2. The number of amides is 1. The zero-order valence-electron chi connectivity index (χ0n) is 12.8. The molecule has 0 saturated heterocycles. The van der Waals surface area contributed by atoms with Crippen LogP contribution in [0.25, 0.3) is 6.08 Å². The van der Waals surface area contributed by atoms with E-state index in [2.05, 4.69) is 31.2 Å². The van der Waals surface area contributed by atoms with Gasteiger partial charge in [0, 0.05) is 29.8 Å². The molecule has 24 heavy (non-hydrogen) atoms. The summed E-state index contributed by atoms with van der Waals surface area (Å²) in [6, 6.07) is 13.7. The molecule has 1 amide bonds. The second kappa shape index (κ2) is 8.08. The van der Waals surface area contributed by atoms with E-state index in [1.807, 2.05) is 48.5 Å². The summed E-state index contributed by atoms with van der Waals surface area (Å²) in [6.45, 7) is 0. The first-order chi connectivity index (χ1) is 11.7. The number of imidazole rings is 1. The van der Waals surface area contributed by atoms with Gasteiger partial charge in [0.25, 0.3) is 0 Å². The minimum absolute atomic E-state index is 0.125. The minimum atomic E-state index is -0.135. The lowest BCUT2D eigenvalue weighted by Crippen LogP contribution is -2.28. The number of hydrogen-bond donors (Lipinski definition) is 2. The lowest BCUT2D eigenvalue weighted by molar-refractivity contribution is -0.117. The number of benzene rings is 1. The normalized spacial score (nSPS) is 12.4. The van der Waals surface area contributed by atoms with Gasteiger partial charge in [-0.3, -0.25) is 4.79 Å². The van der Waals surface area contributed by atoms with Crippen molar-refractivity contribution in [3.63, 3.8) is 0 Å². The van der Waals surface area contributed by atoms with E-state index in [0.717, 1.165) is 20.1 Å². The number of nitrogens with one attached hydrogen (secondary N) is 2. The van der Waals surface area contributed by atoms with Crippen LogP contribution in [-0.4, -0.2) is 15.9 Å². The maximum Gasteiger partial charge on any atom is 0.244 e. The van der Waals surface area contributed by atoms with Crippen molar-refractivity contribution in [3.8, 4) is 0 Å². The number of nitrogens with zero attached hydrogens (tertiary/aromatic N) is 1. The molecule has 1 unspecified atom stereocenters. The summed E-state index contributed by atoms with van der Waals surface area (Å²) in [7, 11) is 0. The Morgan fingerprint density at radius 1 is 1.29 bits per heavy atom. The Bertz CT molecular complexity index is 812. The van der Waals surface area contributed by atoms with Crippen LogP contribution in [0.3, 0.4) is 0 Å². The minimum Gasteiger partial charge on any atom is -0.349 e. The quantitative estimate of drug-likeness (QED) is 0.603. The lowest BCUT2D eigenvalue weighted by atomic mass is 10.0. The summed E-state index contributed by atoms with van der Waals surface area (Å²) in [5.41, 5.74) is 1.05. The van der Waals surface area contributed by atoms with Gasteiger partial charge in [0.2, 0.25) is 5.91 Å². The van der Waals surface area contributed by atoms with E-state index in [1.54, 1.807) is 29.8 Å². The number of thiophene rings is 1. The van der Waals surface area contributed by atoms with Crippen molar-refractivity contribution in [3.05, 3.63) is 81.0 Å². The van der Waals surface area contributed by atoms with E-state index < -0.39 is 0 Å². The molecule has 1 atom stereocenters. The van der Waals surface area contributed by atoms with Gasteiger partial charge in [-0.2, -0.15) is 0 Å². The molecule has 4 nitrogen and oxygen atoms in total. The Balaban J connectivity index is 1.71. The van der Waals surface area contributed by atoms with Crippen LogP contribution in [0, 0.1) is 0 Å². The van der Waals surface area contributed by atoms with Crippen LogP contribution in [0.5, 0.6) is 0 Å². The van der Waals surface area contributed by atoms with Gasteiger partial charge in [0.15, 0.2) is 0 Å². The summed E-state index contributed by atoms with van der Waals surface area (Å²) in [4.78, 5) is 20.7. The number of halogens is 1. The average molecular weight is 402 g/mol. The summed E-state index contributed by atoms with van der Waals surface area (Å²) in [5, 5.41) is 3.06. The molecule has 122 valence electrons. The molecule has 3 aromatic rings. The van der Waals surface area contributed by atoms with Crippen molar-refractivity contribution in [1.29, 1.82) is 0 Å². The molecule has 0 bridgehead atoms. The highest BCUT2D eigenvalue weighted by Gasteiger charge is 2.15. The Morgan fingerprint density at radius 2 is 2.12 bits per heavy atom. The first-order valence-corrected chi connectivity index (χ1v) is 9.09. The second-order valence-electron chi connectivity index (χ2n) is 5.19. The van der Waals surface area contributed by atoms with Gasteiger partial charge in [0.1, 0.15) is 5.82 Å². The van der Waals surface area contributed by atoms with Crippen LogP contribution in [0.1, 0.15) is 22.3 Å². The second-order valence-corrected chi connectivity index (χ2v) is 7.68. The highest BCUT2D eigenvalue weighted by Crippen LogP contribution is 2.23. The van der Waals surface area contributed by atoms with Crippen LogP contribution in [0.4, 0.5) is 0 Å². The van der Waals surface area contributed by atoms with E-state index in [9.17, 15) is 4.79 Å². The van der Waals surface area contributed by atoms with E-state index in [-0.39, 0.29) is 11.9 Å². The van der Waals surface area contributed by atoms with Crippen LogP contribution < -0.4 is 5.32 Å². The largest absolute Gasteiger partial charge is 0.349 e. The maximum atomic E-state index is 12.3. The van der Waals surface area contributed by atoms with Crippen molar-refractivity contribution in [1.82, 2.24) is 15.3 Å². The lowest BCUT2D eigenvalue weighted by Gasteiger charge is -2.17. The van der Waals surface area contributed by atoms with Crippen LogP contribution in [-0.2, 0) is 11.2 Å². The van der Waals surface area contributed by atoms with Crippen molar-refractivity contribution in [2.45, 2.75) is 12.5 Å². The topological polar surface area (TPSA) is 57.8 Å². The first-order valence-electron chi connectivity index (χ1n) is 7.48. The van der Waals surface area contributed by atoms with E-state index >= 15 is 0 Å². The molecule has 3 rings (SSSR count). The molecular formula is C18H16BrN3OS. The van der Waals surface area contributed by atoms with Crippen molar-refractivity contribution >= 4 is 39.2 Å². The Kier molecular flexibility index (Phi) is 5.61. The number of carbonyl (C=O) groups is 1. The molecule has 6 heteroatoms. The van der Waals surface area contributed by atoms with Crippen LogP contribution in [0.2, 0.25) is 0 Å². The molecule has 2 N–H and O–H groups in total. The summed E-state index contributed by atoms with van der Waals surface area (Å²) in [6.07, 6.45) is 7.50. The smallest absolute Gasteiger partial charge is 0.244 e. The maximum absolute atomic E-state index is 12.3. The third kappa shape index (κ3) is 4.66. The molecule has 0 aliphatic heterocycles. The fourth-order valence-electron chi connectivity index (χ4n) is 2.34. The summed E-state index contributed by atoms with van der Waals surface area (Å²) < 4.78 is 1.04. The molecule has 0 saturated carbocycles. The summed E-state index contributed by atoms with van der Waals surface area (Å²) >= 11 is 5.00. The van der Waals surface area contributed by atoms with Gasteiger partial charge >= 0.3 is 0 Å². The van der Waals surface area contributed by atoms with Gasteiger partial charge in [-0.15, -0.1) is 11.3 Å². The number of H-pyrrole nitrogens is 1. The van der Waals surface area contributed by atoms with Gasteiger partial charge in [-0.05, 0) is 39.7 Å². The van der Waals surface area contributed by atoms with Crippen molar-refractivity contribution in [2.24, 2.45) is 0 Å². The van der Waals surface area contributed by atoms with E-state index in [1.165, 1.54) is 0 Å². The molecule has 1 aromatic carbocycles. The Labute approximate surface area is 152 Å². The number of aromatic amines is 1. The zero-order chi connectivity index (χ0) is 16.8. The molecule has 2 aromatic heterocycles. The third-order valence-electron chi connectivity index (χ3n) is 3.46. The average Bonchev–Trinajstić information content (AvgIpc) is 3.25. The van der Waals surface area contributed by atoms with Crippen molar-refractivity contribution in [2.75, 3.05) is 0 Å². The molecule has 0 aliphatic rings. The third-order valence-corrected chi connectivity index (χ3v) is 5.05. The zero-order valence-corrected chi connectivity index (χ0v) is 15.2. The van der Waals surface area contributed by atoms with Crippen LogP contribution >= 0.6 is 27.3 Å². The molecule has 0 aliphatic carbocycles.